The van der Waals surface area contributed by atoms with Crippen LogP contribution in [0.15, 0.2) is 60.7 Å². The predicted molar refractivity (Wildman–Crippen MR) is 134 cm³/mol. The number of carbonyl (C=O) groups excluding carboxylic acids is 1. The highest BCUT2D eigenvalue weighted by molar-refractivity contribution is 6.32. The Morgan fingerprint density at radius 1 is 1.16 bits per heavy atom. The number of fused-ring (bicyclic) bond motifs is 1. The minimum absolute atomic E-state index is 0.00660. The Morgan fingerprint density at radius 2 is 2.00 bits per heavy atom. The van der Waals surface area contributed by atoms with Gasteiger partial charge in [-0.15, -0.1) is 10.2 Å². The Labute approximate surface area is 221 Å². The molecule has 0 bridgehead atoms. The molecule has 11 nitrogen and oxygen atoms in total. The summed E-state index contributed by atoms with van der Waals surface area (Å²) >= 11 is 6.18. The topological polar surface area (TPSA) is 124 Å². The average molecular weight is 541 g/mol. The maximum atomic E-state index is 14.7. The number of para-hydroxylation sites is 1. The molecule has 4 aromatic rings. The average Bonchev–Trinajstić information content (AvgIpc) is 3.59. The van der Waals surface area contributed by atoms with Gasteiger partial charge in [0.1, 0.15) is 24.1 Å². The molecule has 1 unspecified atom stereocenters. The van der Waals surface area contributed by atoms with E-state index in [1.165, 1.54) is 12.1 Å². The number of benzene rings is 3. The molecule has 13 heteroatoms. The molecule has 0 saturated carbocycles. The molecule has 1 aliphatic rings. The first-order valence-corrected chi connectivity index (χ1v) is 11.8. The van der Waals surface area contributed by atoms with Gasteiger partial charge in [-0.1, -0.05) is 28.9 Å². The predicted octanol–water partition coefficient (Wildman–Crippen LogP) is 4.20. The maximum absolute atomic E-state index is 14.7. The second kappa shape index (κ2) is 11.3. The van der Waals surface area contributed by atoms with Gasteiger partial charge in [-0.05, 0) is 43.4 Å². The second-order valence-electron chi connectivity index (χ2n) is 8.25. The fraction of sp³-hybridized carbons (Fsp3) is 0.200. The lowest BCUT2D eigenvalue weighted by Gasteiger charge is -2.25. The third-order valence-corrected chi connectivity index (χ3v) is 5.92. The van der Waals surface area contributed by atoms with Crippen molar-refractivity contribution in [3.8, 4) is 28.7 Å². The molecule has 0 spiro atoms. The van der Waals surface area contributed by atoms with Crippen molar-refractivity contribution in [3.05, 3.63) is 77.3 Å². The first-order chi connectivity index (χ1) is 18.5. The quantitative estimate of drug-likeness (QED) is 0.304. The van der Waals surface area contributed by atoms with Crippen molar-refractivity contribution in [3.63, 3.8) is 0 Å². The summed E-state index contributed by atoms with van der Waals surface area (Å²) < 4.78 is 36.8. The molecule has 38 heavy (non-hydrogen) atoms. The van der Waals surface area contributed by atoms with E-state index in [1.54, 1.807) is 60.5 Å². The van der Waals surface area contributed by atoms with Crippen LogP contribution in [-0.2, 0) is 4.79 Å². The molecule has 0 aliphatic carbocycles. The van der Waals surface area contributed by atoms with Crippen LogP contribution in [0.5, 0.6) is 28.7 Å². The van der Waals surface area contributed by atoms with Crippen LogP contribution in [0.3, 0.4) is 0 Å². The Kier molecular flexibility index (Phi) is 7.52. The summed E-state index contributed by atoms with van der Waals surface area (Å²) in [5, 5.41) is 17.2. The molecule has 0 saturated heterocycles. The summed E-state index contributed by atoms with van der Waals surface area (Å²) in [5.74, 6) is 1.28. The highest BCUT2D eigenvalue weighted by Crippen LogP contribution is 2.37. The molecule has 1 aliphatic heterocycles. The normalized spacial score (nSPS) is 12.8. The van der Waals surface area contributed by atoms with Gasteiger partial charge in [0.05, 0.1) is 11.6 Å². The zero-order chi connectivity index (χ0) is 26.5. The Balaban J connectivity index is 1.20. The molecule has 1 aromatic heterocycles. The van der Waals surface area contributed by atoms with Crippen LogP contribution in [-0.4, -0.2) is 58.4 Å². The summed E-state index contributed by atoms with van der Waals surface area (Å²) in [6.45, 7) is 0.163. The number of rotatable bonds is 10. The van der Waals surface area contributed by atoms with Crippen molar-refractivity contribution in [1.29, 1.82) is 0 Å². The van der Waals surface area contributed by atoms with E-state index >= 15 is 0 Å². The number of nitrogens with one attached hydrogen (secondary N) is 2. The highest BCUT2D eigenvalue weighted by Gasteiger charge is 2.25. The van der Waals surface area contributed by atoms with Crippen LogP contribution in [0.4, 0.5) is 10.1 Å². The SMILES string of the molecule is CN(CC(=O)Nc1ccc(Oc2ccc3c(c2)OCO3)c(F)c1)C(COc1ccccc1Cl)c1nn[nH]n1. The summed E-state index contributed by atoms with van der Waals surface area (Å²) in [6, 6.07) is 15.6. The monoisotopic (exact) mass is 540 g/mol. The molecule has 2 N–H and O–H groups in total. The number of halogens is 2. The van der Waals surface area contributed by atoms with Crippen LogP contribution in [0.25, 0.3) is 0 Å². The standard InChI is InChI=1S/C25H22ClFN6O5/c1-33(19(25-29-31-32-30-25)13-35-20-5-3-2-4-17(20)26)12-24(34)28-15-6-8-21(18(27)10-15)38-16-7-9-22-23(11-16)37-14-36-22/h2-11,19H,12-14H2,1H3,(H,28,34)(H,29,30,31,32). The number of hydrogen-bond donors (Lipinski definition) is 2. The van der Waals surface area contributed by atoms with Gasteiger partial charge in [-0.3, -0.25) is 9.69 Å². The van der Waals surface area contributed by atoms with Crippen LogP contribution >= 0.6 is 11.6 Å². The summed E-state index contributed by atoms with van der Waals surface area (Å²) in [6.07, 6.45) is 0. The molecule has 5 rings (SSSR count). The number of likely N-dealkylation sites (N-methyl/N-ethyl adjacent to an activating group) is 1. The minimum Gasteiger partial charge on any atom is -0.490 e. The van der Waals surface area contributed by atoms with E-state index < -0.39 is 11.9 Å². The molecule has 0 fully saturated rings. The van der Waals surface area contributed by atoms with Crippen molar-refractivity contribution < 1.29 is 28.1 Å². The smallest absolute Gasteiger partial charge is 0.238 e. The molecular formula is C25H22ClFN6O5. The van der Waals surface area contributed by atoms with Crippen molar-refractivity contribution >= 4 is 23.2 Å². The van der Waals surface area contributed by atoms with Crippen molar-refractivity contribution in [1.82, 2.24) is 25.5 Å². The summed E-state index contributed by atoms with van der Waals surface area (Å²) in [5.41, 5.74) is 0.266. The fourth-order valence-corrected chi connectivity index (χ4v) is 3.90. The van der Waals surface area contributed by atoms with E-state index in [1.807, 2.05) is 0 Å². The highest BCUT2D eigenvalue weighted by atomic mass is 35.5. The van der Waals surface area contributed by atoms with Crippen LogP contribution < -0.4 is 24.3 Å². The number of aromatic amines is 1. The number of hydrogen-bond acceptors (Lipinski definition) is 9. The summed E-state index contributed by atoms with van der Waals surface area (Å²) in [4.78, 5) is 14.4. The lowest BCUT2D eigenvalue weighted by Crippen LogP contribution is -2.36. The number of carbonyl (C=O) groups is 1. The van der Waals surface area contributed by atoms with Gasteiger partial charge in [-0.25, -0.2) is 4.39 Å². The molecule has 0 radical (unpaired) electrons. The van der Waals surface area contributed by atoms with Gasteiger partial charge in [0.2, 0.25) is 12.7 Å². The molecule has 3 aromatic carbocycles. The number of anilines is 1. The van der Waals surface area contributed by atoms with Crippen LogP contribution in [0.1, 0.15) is 11.9 Å². The van der Waals surface area contributed by atoms with Gasteiger partial charge in [-0.2, -0.15) is 5.21 Å². The first kappa shape index (κ1) is 25.2. The van der Waals surface area contributed by atoms with E-state index in [0.29, 0.717) is 33.8 Å². The Bertz CT molecular complexity index is 1420. The lowest BCUT2D eigenvalue weighted by molar-refractivity contribution is -0.117. The zero-order valence-corrected chi connectivity index (χ0v) is 20.8. The molecular weight excluding hydrogens is 519 g/mol. The van der Waals surface area contributed by atoms with Crippen molar-refractivity contribution in [2.45, 2.75) is 6.04 Å². The molecule has 2 heterocycles. The summed E-state index contributed by atoms with van der Waals surface area (Å²) in [7, 11) is 1.71. The Hall–Kier alpha value is -4.42. The molecule has 1 atom stereocenters. The number of tetrazole rings is 1. The Morgan fingerprint density at radius 3 is 2.79 bits per heavy atom. The fourth-order valence-electron chi connectivity index (χ4n) is 3.71. The zero-order valence-electron chi connectivity index (χ0n) is 20.1. The van der Waals surface area contributed by atoms with Crippen LogP contribution in [0.2, 0.25) is 5.02 Å². The second-order valence-corrected chi connectivity index (χ2v) is 8.66. The number of aromatic nitrogens is 4. The number of amides is 1. The van der Waals surface area contributed by atoms with Gasteiger partial charge in [0.25, 0.3) is 0 Å². The third-order valence-electron chi connectivity index (χ3n) is 5.61. The van der Waals surface area contributed by atoms with E-state index in [0.717, 1.165) is 0 Å². The van der Waals surface area contributed by atoms with E-state index in [-0.39, 0.29) is 37.3 Å². The maximum Gasteiger partial charge on any atom is 0.238 e. The van der Waals surface area contributed by atoms with Gasteiger partial charge < -0.3 is 24.3 Å². The third kappa shape index (κ3) is 5.93. The van der Waals surface area contributed by atoms with E-state index in [2.05, 4.69) is 25.9 Å². The number of ether oxygens (including phenoxy) is 4. The van der Waals surface area contributed by atoms with Crippen molar-refractivity contribution in [2.24, 2.45) is 0 Å². The number of nitrogens with zero attached hydrogens (tertiary/aromatic N) is 4. The van der Waals surface area contributed by atoms with Gasteiger partial charge >= 0.3 is 0 Å². The van der Waals surface area contributed by atoms with Crippen molar-refractivity contribution in [2.75, 3.05) is 32.3 Å². The first-order valence-electron chi connectivity index (χ1n) is 11.4. The van der Waals surface area contributed by atoms with E-state index in [4.69, 9.17) is 30.5 Å². The molecule has 1 amide bonds. The number of H-pyrrole nitrogens is 1. The van der Waals surface area contributed by atoms with Gasteiger partial charge in [0, 0.05) is 17.8 Å². The van der Waals surface area contributed by atoms with Crippen LogP contribution in [0, 0.1) is 5.82 Å². The lowest BCUT2D eigenvalue weighted by atomic mass is 10.2. The minimum atomic E-state index is -0.647. The largest absolute Gasteiger partial charge is 0.490 e. The van der Waals surface area contributed by atoms with Gasteiger partial charge in [0.15, 0.2) is 28.9 Å². The van der Waals surface area contributed by atoms with E-state index in [9.17, 15) is 9.18 Å². The molecule has 196 valence electrons.